The summed E-state index contributed by atoms with van der Waals surface area (Å²) in [7, 11) is 0. The van der Waals surface area contributed by atoms with Gasteiger partial charge in [0, 0.05) is 47.6 Å². The van der Waals surface area contributed by atoms with Gasteiger partial charge in [-0.2, -0.15) is 0 Å². The number of amides is 2. The van der Waals surface area contributed by atoms with E-state index in [-0.39, 0.29) is 29.0 Å². The second-order valence-electron chi connectivity index (χ2n) is 8.63. The van der Waals surface area contributed by atoms with Crippen LogP contribution in [0.25, 0.3) is 0 Å². The first-order valence-corrected chi connectivity index (χ1v) is 11.3. The fourth-order valence-electron chi connectivity index (χ4n) is 5.12. The molecule has 7 heteroatoms. The topological polar surface area (TPSA) is 49.4 Å². The SMILES string of the molecule is CC(C(=O)N1CCC2(CC1)CC(=O)NC[C@H]2c1ccc(F)cc1)c1c(Cl)cccc1Cl. The molecule has 2 aromatic rings. The maximum absolute atomic E-state index is 13.4. The van der Waals surface area contributed by atoms with Crippen LogP contribution in [0.4, 0.5) is 4.39 Å². The molecule has 164 valence electrons. The molecule has 0 saturated carbocycles. The highest BCUT2D eigenvalue weighted by molar-refractivity contribution is 6.36. The van der Waals surface area contributed by atoms with Gasteiger partial charge in [0.05, 0.1) is 5.92 Å². The van der Waals surface area contributed by atoms with Crippen LogP contribution in [0.1, 0.15) is 49.1 Å². The molecular weight excluding hydrogens is 438 g/mol. The molecule has 0 aromatic heterocycles. The molecule has 0 radical (unpaired) electrons. The molecule has 4 nitrogen and oxygen atoms in total. The Labute approximate surface area is 191 Å². The number of nitrogens with one attached hydrogen (secondary N) is 1. The van der Waals surface area contributed by atoms with Crippen LogP contribution in [-0.4, -0.2) is 36.3 Å². The van der Waals surface area contributed by atoms with Crippen molar-refractivity contribution in [2.75, 3.05) is 19.6 Å². The highest BCUT2D eigenvalue weighted by Gasteiger charge is 2.47. The molecule has 2 atom stereocenters. The number of benzene rings is 2. The third kappa shape index (κ3) is 4.31. The van der Waals surface area contributed by atoms with E-state index in [0.717, 1.165) is 18.4 Å². The summed E-state index contributed by atoms with van der Waals surface area (Å²) in [5.41, 5.74) is 1.44. The van der Waals surface area contributed by atoms with Crippen molar-refractivity contribution in [3.8, 4) is 0 Å². The standard InChI is InChI=1S/C24H25Cl2FN2O2/c1-15(22-19(25)3-2-4-20(22)26)23(31)29-11-9-24(10-12-29)13-21(30)28-14-18(24)16-5-7-17(27)8-6-16/h2-8,15,18H,9-14H2,1H3,(H,28,30)/t15?,18-/m0/s1. The van der Waals surface area contributed by atoms with Gasteiger partial charge >= 0.3 is 0 Å². The quantitative estimate of drug-likeness (QED) is 0.685. The molecule has 1 N–H and O–H groups in total. The zero-order valence-electron chi connectivity index (χ0n) is 17.3. The highest BCUT2D eigenvalue weighted by atomic mass is 35.5. The number of hydrogen-bond donors (Lipinski definition) is 1. The molecule has 2 aliphatic rings. The summed E-state index contributed by atoms with van der Waals surface area (Å²) in [5.74, 6) is -0.598. The van der Waals surface area contributed by atoms with E-state index in [1.165, 1.54) is 12.1 Å². The Bertz CT molecular complexity index is 967. The van der Waals surface area contributed by atoms with Gasteiger partial charge < -0.3 is 10.2 Å². The van der Waals surface area contributed by atoms with Crippen molar-refractivity contribution in [1.82, 2.24) is 10.2 Å². The van der Waals surface area contributed by atoms with Crippen molar-refractivity contribution in [2.45, 2.75) is 38.0 Å². The molecule has 2 fully saturated rings. The lowest BCUT2D eigenvalue weighted by molar-refractivity contribution is -0.136. The molecule has 31 heavy (non-hydrogen) atoms. The molecule has 2 aliphatic heterocycles. The number of rotatable bonds is 3. The molecule has 2 amide bonds. The van der Waals surface area contributed by atoms with E-state index in [2.05, 4.69) is 5.32 Å². The van der Waals surface area contributed by atoms with Crippen LogP contribution < -0.4 is 5.32 Å². The monoisotopic (exact) mass is 462 g/mol. The lowest BCUT2D eigenvalue weighted by atomic mass is 9.62. The fraction of sp³-hybridized carbons (Fsp3) is 0.417. The average Bonchev–Trinajstić information content (AvgIpc) is 2.74. The van der Waals surface area contributed by atoms with E-state index in [1.54, 1.807) is 30.3 Å². The Balaban J connectivity index is 1.52. The van der Waals surface area contributed by atoms with Crippen LogP contribution in [0.3, 0.4) is 0 Å². The Hall–Kier alpha value is -2.11. The van der Waals surface area contributed by atoms with Crippen molar-refractivity contribution in [1.29, 1.82) is 0 Å². The Kier molecular flexibility index (Phi) is 6.27. The van der Waals surface area contributed by atoms with Gasteiger partial charge in [-0.05, 0) is 55.0 Å². The predicted molar refractivity (Wildman–Crippen MR) is 120 cm³/mol. The lowest BCUT2D eigenvalue weighted by Gasteiger charge is -2.49. The minimum atomic E-state index is -0.446. The molecule has 1 spiro atoms. The first kappa shape index (κ1) is 22.1. The van der Waals surface area contributed by atoms with Gasteiger partial charge in [0.15, 0.2) is 0 Å². The number of hydrogen-bond acceptors (Lipinski definition) is 2. The van der Waals surface area contributed by atoms with E-state index in [1.807, 2.05) is 11.8 Å². The van der Waals surface area contributed by atoms with Gasteiger partial charge in [-0.25, -0.2) is 4.39 Å². The third-order valence-corrected chi connectivity index (χ3v) is 7.56. The van der Waals surface area contributed by atoms with Gasteiger partial charge in [-0.15, -0.1) is 0 Å². The summed E-state index contributed by atoms with van der Waals surface area (Å²) in [5, 5.41) is 3.94. The first-order chi connectivity index (χ1) is 14.8. The van der Waals surface area contributed by atoms with E-state index in [4.69, 9.17) is 23.2 Å². The molecule has 2 heterocycles. The summed E-state index contributed by atoms with van der Waals surface area (Å²) in [4.78, 5) is 27.3. The summed E-state index contributed by atoms with van der Waals surface area (Å²) in [6.45, 7) is 3.49. The molecular formula is C24H25Cl2FN2O2. The van der Waals surface area contributed by atoms with E-state index in [9.17, 15) is 14.0 Å². The van der Waals surface area contributed by atoms with Crippen molar-refractivity contribution in [2.24, 2.45) is 5.41 Å². The van der Waals surface area contributed by atoms with Gasteiger partial charge in [-0.3, -0.25) is 9.59 Å². The average molecular weight is 463 g/mol. The minimum Gasteiger partial charge on any atom is -0.355 e. The Morgan fingerprint density at radius 3 is 2.35 bits per heavy atom. The first-order valence-electron chi connectivity index (χ1n) is 10.6. The fourth-order valence-corrected chi connectivity index (χ4v) is 5.85. The number of nitrogens with zero attached hydrogens (tertiary/aromatic N) is 1. The summed E-state index contributed by atoms with van der Waals surface area (Å²) >= 11 is 12.6. The van der Waals surface area contributed by atoms with Crippen LogP contribution >= 0.6 is 23.2 Å². The Morgan fingerprint density at radius 2 is 1.74 bits per heavy atom. The molecule has 2 saturated heterocycles. The number of piperidine rings is 2. The number of halogens is 3. The number of likely N-dealkylation sites (tertiary alicyclic amines) is 1. The van der Waals surface area contributed by atoms with Gasteiger partial charge in [0.2, 0.25) is 11.8 Å². The lowest BCUT2D eigenvalue weighted by Crippen LogP contribution is -2.53. The Morgan fingerprint density at radius 1 is 1.13 bits per heavy atom. The van der Waals surface area contributed by atoms with Crippen LogP contribution in [0, 0.1) is 11.2 Å². The van der Waals surface area contributed by atoms with E-state index < -0.39 is 5.92 Å². The minimum absolute atomic E-state index is 0.0107. The largest absolute Gasteiger partial charge is 0.355 e. The molecule has 0 bridgehead atoms. The maximum atomic E-state index is 13.4. The highest BCUT2D eigenvalue weighted by Crippen LogP contribution is 2.49. The number of carbonyl (C=O) groups is 2. The van der Waals surface area contributed by atoms with E-state index >= 15 is 0 Å². The molecule has 2 aromatic carbocycles. The van der Waals surface area contributed by atoms with Crippen LogP contribution in [-0.2, 0) is 9.59 Å². The van der Waals surface area contributed by atoms with Crippen molar-refractivity contribution in [3.63, 3.8) is 0 Å². The zero-order chi connectivity index (χ0) is 22.2. The summed E-state index contributed by atoms with van der Waals surface area (Å²) < 4.78 is 13.4. The summed E-state index contributed by atoms with van der Waals surface area (Å²) in [6.07, 6.45) is 1.86. The van der Waals surface area contributed by atoms with Gasteiger partial charge in [0.25, 0.3) is 0 Å². The zero-order valence-corrected chi connectivity index (χ0v) is 18.8. The van der Waals surface area contributed by atoms with Gasteiger partial charge in [-0.1, -0.05) is 41.4 Å². The molecule has 1 unspecified atom stereocenters. The summed E-state index contributed by atoms with van der Waals surface area (Å²) in [6, 6.07) is 11.8. The third-order valence-electron chi connectivity index (χ3n) is 6.90. The van der Waals surface area contributed by atoms with Gasteiger partial charge in [0.1, 0.15) is 5.82 Å². The van der Waals surface area contributed by atoms with Crippen LogP contribution in [0.2, 0.25) is 10.0 Å². The smallest absolute Gasteiger partial charge is 0.229 e. The predicted octanol–water partition coefficient (Wildman–Crippen LogP) is 5.15. The van der Waals surface area contributed by atoms with Crippen molar-refractivity contribution in [3.05, 3.63) is 69.5 Å². The molecule has 4 rings (SSSR count). The molecule has 0 aliphatic carbocycles. The van der Waals surface area contributed by atoms with Crippen LogP contribution in [0.5, 0.6) is 0 Å². The van der Waals surface area contributed by atoms with Crippen molar-refractivity contribution >= 4 is 35.0 Å². The van der Waals surface area contributed by atoms with E-state index in [0.29, 0.717) is 41.7 Å². The van der Waals surface area contributed by atoms with Crippen molar-refractivity contribution < 1.29 is 14.0 Å². The maximum Gasteiger partial charge on any atom is 0.229 e. The normalized spacial score (nSPS) is 21.6. The number of carbonyl (C=O) groups excluding carboxylic acids is 2. The van der Waals surface area contributed by atoms with Crippen LogP contribution in [0.15, 0.2) is 42.5 Å². The second kappa shape index (κ2) is 8.79. The second-order valence-corrected chi connectivity index (χ2v) is 9.44.